The van der Waals surface area contributed by atoms with Crippen molar-refractivity contribution in [2.45, 2.75) is 17.7 Å². The standard InChI is InChI=1S/C11H13N2O3S/c14-10-12-13(8-4-5-9-13)17(15,16)11-6-2-1-3-7-11/h1-3,6-7H,4-5,8-9H2/q+1. The molecule has 1 saturated heterocycles. The highest BCUT2D eigenvalue weighted by Gasteiger charge is 2.47. The lowest BCUT2D eigenvalue weighted by atomic mass is 10.4. The number of rotatable bonds is 3. The fourth-order valence-electron chi connectivity index (χ4n) is 2.09. The fourth-order valence-corrected chi connectivity index (χ4v) is 3.86. The average Bonchev–Trinajstić information content (AvgIpc) is 2.81. The molecule has 0 radical (unpaired) electrons. The third kappa shape index (κ3) is 1.91. The number of isocyanates is 1. The minimum Gasteiger partial charge on any atom is -0.206 e. The second-order valence-electron chi connectivity index (χ2n) is 3.98. The molecule has 1 fully saturated rings. The van der Waals surface area contributed by atoms with Gasteiger partial charge in [-0.1, -0.05) is 22.2 Å². The maximum atomic E-state index is 12.4. The molecule has 0 aliphatic carbocycles. The minimum absolute atomic E-state index is 0.195. The zero-order valence-electron chi connectivity index (χ0n) is 9.24. The Bertz CT molecular complexity index is 541. The summed E-state index contributed by atoms with van der Waals surface area (Å²) >= 11 is 0. The Labute approximate surface area is 100 Å². The van der Waals surface area contributed by atoms with Crippen LogP contribution in [0, 0.1) is 0 Å². The summed E-state index contributed by atoms with van der Waals surface area (Å²) < 4.78 is 24.4. The molecule has 0 unspecified atom stereocenters. The van der Waals surface area contributed by atoms with Gasteiger partial charge in [0.15, 0.2) is 0 Å². The summed E-state index contributed by atoms with van der Waals surface area (Å²) in [7, 11) is -3.65. The highest BCUT2D eigenvalue weighted by molar-refractivity contribution is 7.86. The molecule has 1 aromatic rings. The smallest absolute Gasteiger partial charge is 0.206 e. The lowest BCUT2D eigenvalue weighted by Gasteiger charge is -2.23. The predicted octanol–water partition coefficient (Wildman–Crippen LogP) is 1.24. The van der Waals surface area contributed by atoms with Crippen LogP contribution in [0.2, 0.25) is 0 Å². The van der Waals surface area contributed by atoms with Gasteiger partial charge in [0.1, 0.15) is 18.0 Å². The van der Waals surface area contributed by atoms with Crippen LogP contribution in [0.5, 0.6) is 0 Å². The molecule has 0 amide bonds. The van der Waals surface area contributed by atoms with E-state index in [-0.39, 0.29) is 4.90 Å². The summed E-state index contributed by atoms with van der Waals surface area (Å²) in [6.45, 7) is 0.679. The molecule has 1 aliphatic rings. The molecule has 0 aromatic heterocycles. The molecule has 90 valence electrons. The first kappa shape index (κ1) is 12.0. The predicted molar refractivity (Wildman–Crippen MR) is 61.0 cm³/mol. The Kier molecular flexibility index (Phi) is 3.11. The van der Waals surface area contributed by atoms with Crippen molar-refractivity contribution < 1.29 is 17.2 Å². The van der Waals surface area contributed by atoms with E-state index < -0.39 is 14.0 Å². The molecular formula is C11H13N2O3S+. The first-order valence-corrected chi connectivity index (χ1v) is 6.83. The van der Waals surface area contributed by atoms with Crippen LogP contribution in [0.3, 0.4) is 0 Å². The SMILES string of the molecule is O=C=N[N+]1(S(=O)(=O)c2ccccc2)CCCC1. The van der Waals surface area contributed by atoms with Crippen molar-refractivity contribution in [1.82, 2.24) is 0 Å². The summed E-state index contributed by atoms with van der Waals surface area (Å²) in [4.78, 5) is 10.7. The Balaban J connectivity index is 2.54. The number of sulfonamides is 1. The van der Waals surface area contributed by atoms with Crippen molar-refractivity contribution in [3.05, 3.63) is 30.3 Å². The molecule has 2 rings (SSSR count). The number of hydrogen-bond donors (Lipinski definition) is 0. The van der Waals surface area contributed by atoms with Gasteiger partial charge in [-0.2, -0.15) is 8.42 Å². The Morgan fingerprint density at radius 1 is 1.12 bits per heavy atom. The van der Waals surface area contributed by atoms with Crippen LogP contribution < -0.4 is 0 Å². The minimum atomic E-state index is -3.65. The second-order valence-corrected chi connectivity index (χ2v) is 6.08. The molecule has 0 N–H and O–H groups in total. The van der Waals surface area contributed by atoms with Crippen LogP contribution in [-0.4, -0.2) is 31.6 Å². The van der Waals surface area contributed by atoms with Crippen molar-refractivity contribution in [2.75, 3.05) is 13.1 Å². The maximum Gasteiger partial charge on any atom is 0.352 e. The Morgan fingerprint density at radius 2 is 1.71 bits per heavy atom. The zero-order chi connectivity index (χ0) is 12.4. The van der Waals surface area contributed by atoms with Gasteiger partial charge in [-0.15, -0.1) is 0 Å². The van der Waals surface area contributed by atoms with E-state index in [0.717, 1.165) is 12.8 Å². The van der Waals surface area contributed by atoms with E-state index in [0.29, 0.717) is 13.1 Å². The average molecular weight is 253 g/mol. The Morgan fingerprint density at radius 3 is 2.24 bits per heavy atom. The summed E-state index contributed by atoms with van der Waals surface area (Å²) in [5.41, 5.74) is 0. The Hall–Kier alpha value is -1.49. The summed E-state index contributed by atoms with van der Waals surface area (Å²) in [5, 5.41) is 3.55. The molecule has 6 heteroatoms. The van der Waals surface area contributed by atoms with Crippen LogP contribution in [0.25, 0.3) is 0 Å². The highest BCUT2D eigenvalue weighted by atomic mass is 32.2. The van der Waals surface area contributed by atoms with E-state index in [4.69, 9.17) is 0 Å². The van der Waals surface area contributed by atoms with Gasteiger partial charge in [-0.25, -0.2) is 4.79 Å². The van der Waals surface area contributed by atoms with Gasteiger partial charge in [-0.3, -0.25) is 0 Å². The van der Waals surface area contributed by atoms with Crippen LogP contribution in [0.15, 0.2) is 40.3 Å². The normalized spacial score (nSPS) is 18.6. The van der Waals surface area contributed by atoms with E-state index in [1.807, 2.05) is 0 Å². The van der Waals surface area contributed by atoms with Crippen molar-refractivity contribution >= 4 is 16.1 Å². The number of benzene rings is 1. The van der Waals surface area contributed by atoms with Crippen LogP contribution >= 0.6 is 0 Å². The molecule has 0 saturated carbocycles. The van der Waals surface area contributed by atoms with E-state index in [9.17, 15) is 13.2 Å². The third-order valence-electron chi connectivity index (χ3n) is 2.98. The van der Waals surface area contributed by atoms with Crippen LogP contribution in [-0.2, 0) is 14.8 Å². The van der Waals surface area contributed by atoms with Gasteiger partial charge in [0.05, 0.1) is 0 Å². The molecule has 1 heterocycles. The van der Waals surface area contributed by atoms with Crippen molar-refractivity contribution in [3.8, 4) is 0 Å². The van der Waals surface area contributed by atoms with Crippen LogP contribution in [0.4, 0.5) is 0 Å². The summed E-state index contributed by atoms with van der Waals surface area (Å²) in [5.74, 6) is 0. The third-order valence-corrected chi connectivity index (χ3v) is 5.19. The highest BCUT2D eigenvalue weighted by Crippen LogP contribution is 2.30. The molecule has 5 nitrogen and oxygen atoms in total. The molecule has 1 aromatic carbocycles. The summed E-state index contributed by atoms with van der Waals surface area (Å²) in [6, 6.07) is 8.10. The van der Waals surface area contributed by atoms with Crippen molar-refractivity contribution in [1.29, 1.82) is 0 Å². The van der Waals surface area contributed by atoms with E-state index in [1.54, 1.807) is 18.2 Å². The number of hydrogen-bond acceptors (Lipinski definition) is 4. The zero-order valence-corrected chi connectivity index (χ0v) is 10.1. The molecule has 1 aliphatic heterocycles. The van der Waals surface area contributed by atoms with Crippen molar-refractivity contribution in [3.63, 3.8) is 0 Å². The molecule has 0 spiro atoms. The van der Waals surface area contributed by atoms with Gasteiger partial charge in [0.2, 0.25) is 0 Å². The largest absolute Gasteiger partial charge is 0.352 e. The van der Waals surface area contributed by atoms with Gasteiger partial charge >= 0.3 is 10.0 Å². The number of quaternary nitrogens is 1. The molecule has 0 atom stereocenters. The first-order valence-electron chi connectivity index (χ1n) is 5.39. The van der Waals surface area contributed by atoms with E-state index in [2.05, 4.69) is 5.10 Å². The topological polar surface area (TPSA) is 63.6 Å². The van der Waals surface area contributed by atoms with Crippen molar-refractivity contribution in [2.24, 2.45) is 5.10 Å². The summed E-state index contributed by atoms with van der Waals surface area (Å²) in [6.07, 6.45) is 2.89. The van der Waals surface area contributed by atoms with E-state index >= 15 is 0 Å². The lowest BCUT2D eigenvalue weighted by molar-refractivity contribution is -0.799. The van der Waals surface area contributed by atoms with Crippen LogP contribution in [0.1, 0.15) is 12.8 Å². The monoisotopic (exact) mass is 253 g/mol. The van der Waals surface area contributed by atoms with Gasteiger partial charge in [-0.05, 0) is 12.1 Å². The number of carbonyl (C=O) groups excluding carboxylic acids is 1. The van der Waals surface area contributed by atoms with E-state index in [1.165, 1.54) is 18.2 Å². The molecule has 17 heavy (non-hydrogen) atoms. The van der Waals surface area contributed by atoms with Gasteiger partial charge in [0, 0.05) is 17.9 Å². The molecule has 0 bridgehead atoms. The fraction of sp³-hybridized carbons (Fsp3) is 0.364. The number of nitrogens with zero attached hydrogens (tertiary/aromatic N) is 2. The molecular weight excluding hydrogens is 240 g/mol. The van der Waals surface area contributed by atoms with Gasteiger partial charge in [0.25, 0.3) is 6.08 Å². The quantitative estimate of drug-likeness (QED) is 0.462. The second kappa shape index (κ2) is 4.41. The first-order chi connectivity index (χ1) is 8.12. The van der Waals surface area contributed by atoms with Gasteiger partial charge < -0.3 is 0 Å². The maximum absolute atomic E-state index is 12.4. The lowest BCUT2D eigenvalue weighted by Crippen LogP contribution is -2.45.